The first-order chi connectivity index (χ1) is 18.2. The zero-order valence-electron chi connectivity index (χ0n) is 19.5. The number of carboxylic acids is 1. The maximum atomic E-state index is 12.9. The molecule has 3 aromatic rings. The minimum absolute atomic E-state index is 0.00342. The van der Waals surface area contributed by atoms with Crippen molar-refractivity contribution in [2.45, 2.75) is 29.3 Å². The van der Waals surface area contributed by atoms with Gasteiger partial charge < -0.3 is 19.6 Å². The highest BCUT2D eigenvalue weighted by molar-refractivity contribution is 8.01. The molecule has 10 nitrogen and oxygen atoms in total. The number of fused-ring (bicyclic) bond motifs is 1. The number of ether oxygens (including phenoxy) is 1. The van der Waals surface area contributed by atoms with Crippen molar-refractivity contribution in [2.75, 3.05) is 11.5 Å². The first kappa shape index (κ1) is 26.9. The van der Waals surface area contributed by atoms with E-state index in [1.165, 1.54) is 45.8 Å². The molecule has 4 heterocycles. The van der Waals surface area contributed by atoms with Crippen LogP contribution < -0.4 is 10.1 Å². The second kappa shape index (κ2) is 11.2. The summed E-state index contributed by atoms with van der Waals surface area (Å²) in [4.78, 5) is 39.0. The van der Waals surface area contributed by atoms with E-state index in [1.807, 2.05) is 6.92 Å². The van der Waals surface area contributed by atoms with Crippen LogP contribution in [-0.2, 0) is 16.2 Å². The summed E-state index contributed by atoms with van der Waals surface area (Å²) >= 11 is 16.2. The summed E-state index contributed by atoms with van der Waals surface area (Å²) in [7, 11) is 0. The lowest BCUT2D eigenvalue weighted by Crippen LogP contribution is -2.70. The van der Waals surface area contributed by atoms with Crippen LogP contribution >= 0.6 is 58.1 Å². The third-order valence-corrected chi connectivity index (χ3v) is 9.49. The summed E-state index contributed by atoms with van der Waals surface area (Å²) in [5.41, 5.74) is 0.572. The Morgan fingerprint density at radius 1 is 1.29 bits per heavy atom. The number of hydrogen-bond acceptors (Lipinski definition) is 10. The molecule has 2 aliphatic rings. The maximum absolute atomic E-state index is 12.9. The number of aliphatic carboxylic acids is 1. The minimum Gasteiger partial charge on any atom is -0.484 e. The minimum atomic E-state index is -1.19. The number of carbonyl (C=O) groups excluding carboxylic acids is 2. The van der Waals surface area contributed by atoms with E-state index in [2.05, 4.69) is 15.5 Å². The molecule has 2 aromatic heterocycles. The molecule has 0 bridgehead atoms. The van der Waals surface area contributed by atoms with Gasteiger partial charge in [0.15, 0.2) is 10.1 Å². The summed E-state index contributed by atoms with van der Waals surface area (Å²) in [5.74, 6) is -0.712. The third kappa shape index (κ3) is 5.52. The van der Waals surface area contributed by atoms with Gasteiger partial charge in [0.05, 0.1) is 5.02 Å². The largest absolute Gasteiger partial charge is 0.484 e. The van der Waals surface area contributed by atoms with E-state index in [-0.39, 0.29) is 18.1 Å². The van der Waals surface area contributed by atoms with E-state index in [4.69, 9.17) is 32.4 Å². The number of furan rings is 1. The number of carbonyl (C=O) groups is 3. The molecular formula is C23H18Cl2N4O6S3. The molecule has 198 valence electrons. The van der Waals surface area contributed by atoms with E-state index in [0.29, 0.717) is 38.6 Å². The Kier molecular flexibility index (Phi) is 7.91. The molecule has 1 aromatic carbocycles. The average molecular weight is 614 g/mol. The number of benzene rings is 1. The van der Waals surface area contributed by atoms with Crippen molar-refractivity contribution in [1.82, 2.24) is 20.4 Å². The lowest BCUT2D eigenvalue weighted by molar-refractivity contribution is -0.148. The lowest BCUT2D eigenvalue weighted by atomic mass is 10.0. The van der Waals surface area contributed by atoms with E-state index in [0.717, 1.165) is 9.35 Å². The van der Waals surface area contributed by atoms with Gasteiger partial charge in [-0.25, -0.2) is 4.79 Å². The van der Waals surface area contributed by atoms with Gasteiger partial charge in [0.1, 0.15) is 40.2 Å². The number of thioether (sulfide) groups is 2. The fraction of sp³-hybridized carbons (Fsp3) is 0.261. The molecule has 0 radical (unpaired) electrons. The smallest absolute Gasteiger partial charge is 0.352 e. The molecule has 2 atom stereocenters. The summed E-state index contributed by atoms with van der Waals surface area (Å²) in [5, 5.41) is 21.6. The molecule has 0 aliphatic carbocycles. The van der Waals surface area contributed by atoms with Crippen LogP contribution in [0.2, 0.25) is 10.0 Å². The molecule has 15 heteroatoms. The highest BCUT2D eigenvalue weighted by Crippen LogP contribution is 2.42. The topological polar surface area (TPSA) is 135 Å². The maximum Gasteiger partial charge on any atom is 0.352 e. The van der Waals surface area contributed by atoms with E-state index >= 15 is 0 Å². The summed E-state index contributed by atoms with van der Waals surface area (Å²) in [6.07, 6.45) is 0. The Morgan fingerprint density at radius 2 is 2.11 bits per heavy atom. The Hall–Kier alpha value is -2.71. The van der Waals surface area contributed by atoms with Gasteiger partial charge in [0.2, 0.25) is 0 Å². The Morgan fingerprint density at radius 3 is 2.82 bits per heavy atom. The Bertz CT molecular complexity index is 1460. The molecule has 0 saturated carbocycles. The van der Waals surface area contributed by atoms with E-state index in [1.54, 1.807) is 24.3 Å². The van der Waals surface area contributed by atoms with Crippen LogP contribution in [0.1, 0.15) is 21.3 Å². The van der Waals surface area contributed by atoms with E-state index < -0.39 is 29.2 Å². The quantitative estimate of drug-likeness (QED) is 0.263. The number of β-lactam (4-membered cyclic amide) rings is 1. The predicted octanol–water partition coefficient (Wildman–Crippen LogP) is 4.47. The summed E-state index contributed by atoms with van der Waals surface area (Å²) < 4.78 is 11.9. The van der Waals surface area contributed by atoms with Gasteiger partial charge in [-0.3, -0.25) is 14.5 Å². The molecule has 2 aliphatic heterocycles. The highest BCUT2D eigenvalue weighted by Gasteiger charge is 2.54. The number of amides is 2. The molecule has 2 amide bonds. The zero-order valence-corrected chi connectivity index (χ0v) is 23.4. The molecule has 1 fully saturated rings. The first-order valence-corrected chi connectivity index (χ1v) is 14.6. The highest BCUT2D eigenvalue weighted by atomic mass is 35.5. The van der Waals surface area contributed by atoms with Gasteiger partial charge in [-0.2, -0.15) is 0 Å². The summed E-state index contributed by atoms with van der Waals surface area (Å²) in [6, 6.07) is 6.99. The van der Waals surface area contributed by atoms with Crippen LogP contribution in [0.3, 0.4) is 0 Å². The fourth-order valence-electron chi connectivity index (χ4n) is 3.81. The number of nitrogens with zero attached hydrogens (tertiary/aromatic N) is 3. The van der Waals surface area contributed by atoms with Crippen LogP contribution in [0.5, 0.6) is 5.75 Å². The lowest BCUT2D eigenvalue weighted by Gasteiger charge is -2.49. The van der Waals surface area contributed by atoms with Crippen molar-refractivity contribution in [3.8, 4) is 5.75 Å². The monoisotopic (exact) mass is 612 g/mol. The van der Waals surface area contributed by atoms with Gasteiger partial charge in [-0.1, -0.05) is 46.3 Å². The van der Waals surface area contributed by atoms with Crippen LogP contribution in [0.25, 0.3) is 0 Å². The van der Waals surface area contributed by atoms with Crippen molar-refractivity contribution in [2.24, 2.45) is 0 Å². The number of carboxylic acid groups (broad SMARTS) is 1. The first-order valence-electron chi connectivity index (χ1n) is 11.0. The predicted molar refractivity (Wildman–Crippen MR) is 144 cm³/mol. The van der Waals surface area contributed by atoms with E-state index in [9.17, 15) is 19.5 Å². The summed E-state index contributed by atoms with van der Waals surface area (Å²) in [6.45, 7) is 1.86. The number of nitrogens with one attached hydrogen (secondary N) is 1. The molecule has 0 spiro atoms. The molecule has 38 heavy (non-hydrogen) atoms. The van der Waals surface area contributed by atoms with Gasteiger partial charge in [-0.15, -0.1) is 22.0 Å². The SMILES string of the molecule is Cc1nnc(SCC2=C(C(=O)O)N3C(=O)[C@@H](NC(=O)c4ccc(COc5ccc(Cl)cc5Cl)o4)[C@@H]3SC2)s1. The van der Waals surface area contributed by atoms with Gasteiger partial charge >= 0.3 is 5.97 Å². The zero-order chi connectivity index (χ0) is 27.0. The average Bonchev–Trinajstić information content (AvgIpc) is 3.53. The van der Waals surface area contributed by atoms with Gasteiger partial charge in [0, 0.05) is 16.5 Å². The number of hydrogen-bond donors (Lipinski definition) is 2. The van der Waals surface area contributed by atoms with Crippen molar-refractivity contribution in [1.29, 1.82) is 0 Å². The van der Waals surface area contributed by atoms with Crippen LogP contribution in [0, 0.1) is 6.92 Å². The number of rotatable bonds is 9. The number of aromatic nitrogens is 2. The standard InChI is InChI=1S/C23H18Cl2N4O6S3/c1-10-27-28-23(38-10)37-9-11-8-36-21-17(20(31)29(21)18(11)22(32)33)26-19(30)16-5-3-13(35-16)7-34-15-4-2-12(24)6-14(15)25/h2-6,17,21H,7-9H2,1H3,(H,26,30)(H,32,33)/t17-,21+/m1/s1. The van der Waals surface area contributed by atoms with Crippen molar-refractivity contribution < 1.29 is 28.6 Å². The van der Waals surface area contributed by atoms with Crippen molar-refractivity contribution in [3.05, 3.63) is 68.2 Å². The molecule has 5 rings (SSSR count). The fourth-order valence-corrected chi connectivity index (χ4v) is 7.57. The van der Waals surface area contributed by atoms with Crippen molar-refractivity contribution in [3.63, 3.8) is 0 Å². The second-order valence-electron chi connectivity index (χ2n) is 8.12. The van der Waals surface area contributed by atoms with Gasteiger partial charge in [0.25, 0.3) is 11.8 Å². The Balaban J connectivity index is 1.20. The van der Waals surface area contributed by atoms with Crippen molar-refractivity contribution >= 4 is 75.8 Å². The number of aryl methyl sites for hydroxylation is 1. The molecular weight excluding hydrogens is 595 g/mol. The second-order valence-corrected chi connectivity index (χ2v) is 12.5. The Labute approximate surface area is 238 Å². The molecule has 1 saturated heterocycles. The molecule has 0 unspecified atom stereocenters. The molecule has 2 N–H and O–H groups in total. The third-order valence-electron chi connectivity index (χ3n) is 5.56. The number of halogens is 2. The van der Waals surface area contributed by atoms with Gasteiger partial charge in [-0.05, 0) is 42.8 Å². The normalized spacial score (nSPS) is 18.7. The van der Waals surface area contributed by atoms with Crippen LogP contribution in [-0.4, -0.2) is 60.9 Å². The van der Waals surface area contributed by atoms with Crippen LogP contribution in [0.15, 0.2) is 50.4 Å². The van der Waals surface area contributed by atoms with Crippen LogP contribution in [0.4, 0.5) is 0 Å².